The summed E-state index contributed by atoms with van der Waals surface area (Å²) in [6.07, 6.45) is 10.7. The summed E-state index contributed by atoms with van der Waals surface area (Å²) in [7, 11) is 0. The standard InChI is InChI=1S/C18H29NO/c1-16(15-20)11-7-4-2-3-5-10-14-18(19)17-12-8-6-9-13-17/h6,8-9,12-13,15-16,18H,2-5,7,10-11,14,19H2,1H3. The minimum Gasteiger partial charge on any atom is -0.324 e. The van der Waals surface area contributed by atoms with Crippen molar-refractivity contribution in [1.82, 2.24) is 0 Å². The molecule has 0 aliphatic carbocycles. The molecule has 1 aromatic carbocycles. The second-order valence-corrected chi connectivity index (χ2v) is 5.83. The molecule has 0 saturated heterocycles. The van der Waals surface area contributed by atoms with E-state index in [0.29, 0.717) is 0 Å². The topological polar surface area (TPSA) is 43.1 Å². The van der Waals surface area contributed by atoms with Crippen molar-refractivity contribution in [2.45, 2.75) is 64.3 Å². The Balaban J connectivity index is 1.96. The van der Waals surface area contributed by atoms with Crippen LogP contribution in [0.5, 0.6) is 0 Å². The number of unbranched alkanes of at least 4 members (excludes halogenated alkanes) is 5. The number of rotatable bonds is 11. The van der Waals surface area contributed by atoms with Gasteiger partial charge in [-0.3, -0.25) is 0 Å². The molecule has 0 amide bonds. The van der Waals surface area contributed by atoms with Crippen molar-refractivity contribution >= 4 is 6.29 Å². The molecule has 0 radical (unpaired) electrons. The van der Waals surface area contributed by atoms with Crippen molar-refractivity contribution in [3.8, 4) is 0 Å². The van der Waals surface area contributed by atoms with Crippen molar-refractivity contribution < 1.29 is 4.79 Å². The van der Waals surface area contributed by atoms with Gasteiger partial charge in [-0.2, -0.15) is 0 Å². The second-order valence-electron chi connectivity index (χ2n) is 5.83. The van der Waals surface area contributed by atoms with E-state index < -0.39 is 0 Å². The molecule has 2 atom stereocenters. The third-order valence-corrected chi connectivity index (χ3v) is 3.88. The molecule has 1 aromatic rings. The number of carbonyl (C=O) groups is 1. The molecule has 0 saturated carbocycles. The monoisotopic (exact) mass is 275 g/mol. The first kappa shape index (κ1) is 16.9. The van der Waals surface area contributed by atoms with Gasteiger partial charge < -0.3 is 10.5 Å². The lowest BCUT2D eigenvalue weighted by Gasteiger charge is -2.11. The highest BCUT2D eigenvalue weighted by Gasteiger charge is 2.04. The summed E-state index contributed by atoms with van der Waals surface area (Å²) >= 11 is 0. The van der Waals surface area contributed by atoms with Crippen LogP contribution in [-0.2, 0) is 4.79 Å². The van der Waals surface area contributed by atoms with Crippen LogP contribution >= 0.6 is 0 Å². The maximum absolute atomic E-state index is 10.5. The summed E-state index contributed by atoms with van der Waals surface area (Å²) in [5.41, 5.74) is 7.42. The average molecular weight is 275 g/mol. The fraction of sp³-hybridized carbons (Fsp3) is 0.611. The normalized spacial score (nSPS) is 13.9. The van der Waals surface area contributed by atoms with Gasteiger partial charge in [0.2, 0.25) is 0 Å². The maximum Gasteiger partial charge on any atom is 0.122 e. The third kappa shape index (κ3) is 7.44. The fourth-order valence-electron chi connectivity index (χ4n) is 2.47. The Labute approximate surface area is 123 Å². The molecule has 0 bridgehead atoms. The van der Waals surface area contributed by atoms with Gasteiger partial charge in [0.05, 0.1) is 0 Å². The first-order valence-corrected chi connectivity index (χ1v) is 8.00. The Kier molecular flexibility index (Phi) is 8.97. The molecule has 112 valence electrons. The first-order chi connectivity index (χ1) is 9.74. The zero-order valence-corrected chi connectivity index (χ0v) is 12.8. The molecule has 1 rings (SSSR count). The van der Waals surface area contributed by atoms with E-state index in [4.69, 9.17) is 5.73 Å². The van der Waals surface area contributed by atoms with Crippen LogP contribution in [0.25, 0.3) is 0 Å². The average Bonchev–Trinajstić information content (AvgIpc) is 2.50. The fourth-order valence-corrected chi connectivity index (χ4v) is 2.47. The van der Waals surface area contributed by atoms with E-state index in [9.17, 15) is 4.79 Å². The van der Waals surface area contributed by atoms with Crippen LogP contribution in [0.15, 0.2) is 30.3 Å². The Bertz CT molecular complexity index is 350. The minimum atomic E-state index is 0.185. The van der Waals surface area contributed by atoms with Crippen LogP contribution in [-0.4, -0.2) is 6.29 Å². The highest BCUT2D eigenvalue weighted by Crippen LogP contribution is 2.18. The van der Waals surface area contributed by atoms with Gasteiger partial charge in [-0.15, -0.1) is 0 Å². The number of carbonyl (C=O) groups excluding carboxylic acids is 1. The van der Waals surface area contributed by atoms with Crippen LogP contribution in [0.2, 0.25) is 0 Å². The largest absolute Gasteiger partial charge is 0.324 e. The van der Waals surface area contributed by atoms with Gasteiger partial charge in [0.15, 0.2) is 0 Å². The summed E-state index contributed by atoms with van der Waals surface area (Å²) in [5, 5.41) is 0. The molecule has 0 heterocycles. The first-order valence-electron chi connectivity index (χ1n) is 8.00. The van der Waals surface area contributed by atoms with Crippen LogP contribution in [0.4, 0.5) is 0 Å². The zero-order chi connectivity index (χ0) is 14.6. The van der Waals surface area contributed by atoms with Gasteiger partial charge in [-0.25, -0.2) is 0 Å². The van der Waals surface area contributed by atoms with Crippen LogP contribution in [0.3, 0.4) is 0 Å². The molecular formula is C18H29NO. The van der Waals surface area contributed by atoms with Gasteiger partial charge in [0.25, 0.3) is 0 Å². The van der Waals surface area contributed by atoms with Crippen molar-refractivity contribution in [2.24, 2.45) is 11.7 Å². The number of aldehydes is 1. The molecule has 2 unspecified atom stereocenters. The lowest BCUT2D eigenvalue weighted by molar-refractivity contribution is -0.110. The van der Waals surface area contributed by atoms with Gasteiger partial charge in [-0.05, 0) is 18.4 Å². The zero-order valence-electron chi connectivity index (χ0n) is 12.8. The maximum atomic E-state index is 10.5. The molecular weight excluding hydrogens is 246 g/mol. The predicted molar refractivity (Wildman–Crippen MR) is 85.5 cm³/mol. The quantitative estimate of drug-likeness (QED) is 0.472. The summed E-state index contributed by atoms with van der Waals surface area (Å²) in [6, 6.07) is 10.5. The molecule has 2 heteroatoms. The Morgan fingerprint density at radius 1 is 0.950 bits per heavy atom. The predicted octanol–water partition coefficient (Wildman–Crippen LogP) is 4.64. The number of hydrogen-bond acceptors (Lipinski definition) is 2. The molecule has 0 fully saturated rings. The van der Waals surface area contributed by atoms with E-state index in [1.54, 1.807) is 0 Å². The summed E-state index contributed by atoms with van der Waals surface area (Å²) in [4.78, 5) is 10.5. The molecule has 20 heavy (non-hydrogen) atoms. The SMILES string of the molecule is CC(C=O)CCCCCCCCC(N)c1ccccc1. The highest BCUT2D eigenvalue weighted by molar-refractivity contribution is 5.52. The van der Waals surface area contributed by atoms with E-state index in [-0.39, 0.29) is 12.0 Å². The van der Waals surface area contributed by atoms with Gasteiger partial charge in [-0.1, -0.05) is 75.8 Å². The molecule has 0 aromatic heterocycles. The molecule has 2 N–H and O–H groups in total. The Morgan fingerprint density at radius 2 is 1.50 bits per heavy atom. The summed E-state index contributed by atoms with van der Waals surface area (Å²) in [5.74, 6) is 0.235. The van der Waals surface area contributed by atoms with E-state index >= 15 is 0 Å². The molecule has 2 nitrogen and oxygen atoms in total. The van der Waals surface area contributed by atoms with Gasteiger partial charge >= 0.3 is 0 Å². The van der Waals surface area contributed by atoms with Crippen LogP contribution in [0, 0.1) is 5.92 Å². The smallest absolute Gasteiger partial charge is 0.122 e. The Hall–Kier alpha value is -1.15. The lowest BCUT2D eigenvalue weighted by atomic mass is 9.99. The van der Waals surface area contributed by atoms with Gasteiger partial charge in [0, 0.05) is 12.0 Å². The van der Waals surface area contributed by atoms with Crippen LogP contribution < -0.4 is 5.73 Å². The molecule has 0 spiro atoms. The van der Waals surface area contributed by atoms with Crippen molar-refractivity contribution in [1.29, 1.82) is 0 Å². The van der Waals surface area contributed by atoms with Gasteiger partial charge in [0.1, 0.15) is 6.29 Å². The van der Waals surface area contributed by atoms with E-state index in [0.717, 1.165) is 19.1 Å². The number of nitrogens with two attached hydrogens (primary N) is 1. The van der Waals surface area contributed by atoms with E-state index in [1.807, 2.05) is 13.0 Å². The van der Waals surface area contributed by atoms with Crippen molar-refractivity contribution in [3.63, 3.8) is 0 Å². The summed E-state index contributed by atoms with van der Waals surface area (Å²) < 4.78 is 0. The summed E-state index contributed by atoms with van der Waals surface area (Å²) in [6.45, 7) is 2.00. The molecule has 0 aliphatic heterocycles. The number of benzene rings is 1. The number of hydrogen-bond donors (Lipinski definition) is 1. The van der Waals surface area contributed by atoms with Crippen molar-refractivity contribution in [2.75, 3.05) is 0 Å². The van der Waals surface area contributed by atoms with E-state index in [2.05, 4.69) is 24.3 Å². The lowest BCUT2D eigenvalue weighted by Crippen LogP contribution is -2.09. The minimum absolute atomic E-state index is 0.185. The van der Waals surface area contributed by atoms with Crippen molar-refractivity contribution in [3.05, 3.63) is 35.9 Å². The third-order valence-electron chi connectivity index (χ3n) is 3.88. The highest BCUT2D eigenvalue weighted by atomic mass is 16.1. The Morgan fingerprint density at radius 3 is 2.10 bits per heavy atom. The van der Waals surface area contributed by atoms with Crippen LogP contribution in [0.1, 0.15) is 69.9 Å². The second kappa shape index (κ2) is 10.6. The molecule has 0 aliphatic rings. The van der Waals surface area contributed by atoms with E-state index in [1.165, 1.54) is 44.1 Å².